The average Bonchev–Trinajstić information content (AvgIpc) is 3.53. The first kappa shape index (κ1) is 25.4. The van der Waals surface area contributed by atoms with Gasteiger partial charge < -0.3 is 23.9 Å². The number of fused-ring (bicyclic) bond motifs is 1. The van der Waals surface area contributed by atoms with E-state index in [0.717, 1.165) is 12.0 Å². The minimum absolute atomic E-state index is 0.0649. The minimum atomic E-state index is -0.727. The van der Waals surface area contributed by atoms with E-state index >= 15 is 0 Å². The molecule has 4 rings (SSSR count). The van der Waals surface area contributed by atoms with Gasteiger partial charge in [-0.1, -0.05) is 6.07 Å². The van der Waals surface area contributed by atoms with Gasteiger partial charge in [0.1, 0.15) is 23.9 Å². The van der Waals surface area contributed by atoms with Crippen LogP contribution < -0.4 is 4.74 Å². The third-order valence-electron chi connectivity index (χ3n) is 5.92. The molecule has 1 amide bonds. The third kappa shape index (κ3) is 6.91. The molecule has 3 aromatic rings. The van der Waals surface area contributed by atoms with Gasteiger partial charge in [-0.05, 0) is 54.6 Å². The van der Waals surface area contributed by atoms with E-state index in [1.807, 2.05) is 34.2 Å². The lowest BCUT2D eigenvalue weighted by Gasteiger charge is -2.37. The molecule has 9 heteroatoms. The molecule has 1 aromatic carbocycles. The number of ether oxygens (including phenoxy) is 2. The molecule has 2 aromatic heterocycles. The Kier molecular flexibility index (Phi) is 8.92. The van der Waals surface area contributed by atoms with Crippen molar-refractivity contribution in [3.8, 4) is 5.75 Å². The standard InChI is InChI=1S/C26H31FN2O5S/c1-2-32-17-20(30)14-28(15-22-7-4-11-33-22)16-26(31)29-10-8-25-23(9-12-35-25)24(29)18-34-21-6-3-5-19(27)13-21/h3-7,9,11-13,20,24,30H,2,8,10,14-18H2,1H3/t20-,24+/m1/s1. The van der Waals surface area contributed by atoms with Crippen molar-refractivity contribution >= 4 is 17.2 Å². The van der Waals surface area contributed by atoms with Gasteiger partial charge in [0.2, 0.25) is 5.91 Å². The predicted molar refractivity (Wildman–Crippen MR) is 131 cm³/mol. The highest BCUT2D eigenvalue weighted by Gasteiger charge is 2.33. The number of furan rings is 1. The number of thiophene rings is 1. The van der Waals surface area contributed by atoms with Gasteiger partial charge in [-0.3, -0.25) is 9.69 Å². The summed E-state index contributed by atoms with van der Waals surface area (Å²) >= 11 is 1.68. The molecule has 0 radical (unpaired) electrons. The molecule has 3 heterocycles. The van der Waals surface area contributed by atoms with Crippen LogP contribution in [0.2, 0.25) is 0 Å². The van der Waals surface area contributed by atoms with Crippen molar-refractivity contribution in [2.24, 2.45) is 0 Å². The van der Waals surface area contributed by atoms with Gasteiger partial charge in [-0.25, -0.2) is 4.39 Å². The summed E-state index contributed by atoms with van der Waals surface area (Å²) in [6, 6.07) is 11.4. The Labute approximate surface area is 208 Å². The fraction of sp³-hybridized carbons (Fsp3) is 0.423. The molecule has 0 fully saturated rings. The summed E-state index contributed by atoms with van der Waals surface area (Å²) in [5.74, 6) is 0.712. The molecule has 0 aliphatic carbocycles. The number of carbonyl (C=O) groups excluding carboxylic acids is 1. The summed E-state index contributed by atoms with van der Waals surface area (Å²) in [5, 5.41) is 12.4. The first-order valence-electron chi connectivity index (χ1n) is 11.8. The quantitative estimate of drug-likeness (QED) is 0.405. The second-order valence-electron chi connectivity index (χ2n) is 8.48. The molecule has 0 saturated carbocycles. The fourth-order valence-corrected chi connectivity index (χ4v) is 5.23. The maximum absolute atomic E-state index is 13.6. The maximum Gasteiger partial charge on any atom is 0.237 e. The van der Waals surface area contributed by atoms with Gasteiger partial charge in [0.15, 0.2) is 0 Å². The molecule has 0 bridgehead atoms. The maximum atomic E-state index is 13.6. The normalized spacial score (nSPS) is 16.3. The molecule has 0 unspecified atom stereocenters. The molecule has 1 N–H and O–H groups in total. The van der Waals surface area contributed by atoms with Crippen LogP contribution in [0, 0.1) is 5.82 Å². The summed E-state index contributed by atoms with van der Waals surface area (Å²) in [6.45, 7) is 4.16. The van der Waals surface area contributed by atoms with Gasteiger partial charge in [0.25, 0.3) is 0 Å². The highest BCUT2D eigenvalue weighted by atomic mass is 32.1. The number of amides is 1. The van der Waals surface area contributed by atoms with E-state index in [1.165, 1.54) is 17.0 Å². The Hall–Kier alpha value is -2.72. The zero-order valence-electron chi connectivity index (χ0n) is 19.8. The van der Waals surface area contributed by atoms with Gasteiger partial charge >= 0.3 is 0 Å². The third-order valence-corrected chi connectivity index (χ3v) is 6.92. The number of carbonyl (C=O) groups is 1. The van der Waals surface area contributed by atoms with Crippen molar-refractivity contribution in [2.75, 3.05) is 39.5 Å². The lowest BCUT2D eigenvalue weighted by Crippen LogP contribution is -2.47. The number of aliphatic hydroxyl groups excluding tert-OH is 1. The van der Waals surface area contributed by atoms with E-state index in [0.29, 0.717) is 31.2 Å². The molecule has 7 nitrogen and oxygen atoms in total. The van der Waals surface area contributed by atoms with Crippen LogP contribution in [-0.2, 0) is 22.5 Å². The summed E-state index contributed by atoms with van der Waals surface area (Å²) in [7, 11) is 0. The van der Waals surface area contributed by atoms with Gasteiger partial charge in [0, 0.05) is 30.6 Å². The number of rotatable bonds is 12. The van der Waals surface area contributed by atoms with Crippen LogP contribution in [0.15, 0.2) is 58.5 Å². The number of halogens is 1. The van der Waals surface area contributed by atoms with Gasteiger partial charge in [-0.15, -0.1) is 11.3 Å². The van der Waals surface area contributed by atoms with E-state index in [1.54, 1.807) is 35.8 Å². The first-order valence-corrected chi connectivity index (χ1v) is 12.7. The van der Waals surface area contributed by atoms with Crippen LogP contribution in [0.4, 0.5) is 4.39 Å². The van der Waals surface area contributed by atoms with Gasteiger partial charge in [0.05, 0.1) is 38.1 Å². The van der Waals surface area contributed by atoms with E-state index in [4.69, 9.17) is 13.9 Å². The molecular weight excluding hydrogens is 471 g/mol. The molecule has 0 saturated heterocycles. The molecule has 0 spiro atoms. The Morgan fingerprint density at radius 1 is 1.34 bits per heavy atom. The SMILES string of the molecule is CCOC[C@H](O)CN(CC(=O)N1CCc2sccc2[C@@H]1COc1cccc(F)c1)Cc1ccco1. The number of hydrogen-bond donors (Lipinski definition) is 1. The average molecular weight is 503 g/mol. The van der Waals surface area contributed by atoms with Crippen LogP contribution in [0.1, 0.15) is 29.2 Å². The highest BCUT2D eigenvalue weighted by Crippen LogP contribution is 2.34. The molecule has 1 aliphatic rings. The molecular formula is C26H31FN2O5S. The monoisotopic (exact) mass is 502 g/mol. The summed E-state index contributed by atoms with van der Waals surface area (Å²) in [4.78, 5) is 18.5. The Morgan fingerprint density at radius 2 is 2.23 bits per heavy atom. The van der Waals surface area contributed by atoms with Crippen molar-refractivity contribution in [3.63, 3.8) is 0 Å². The van der Waals surface area contributed by atoms with Crippen LogP contribution in [0.5, 0.6) is 5.75 Å². The Bertz CT molecular complexity index is 1070. The van der Waals surface area contributed by atoms with E-state index in [2.05, 4.69) is 0 Å². The largest absolute Gasteiger partial charge is 0.491 e. The first-order chi connectivity index (χ1) is 17.0. The summed E-state index contributed by atoms with van der Waals surface area (Å²) < 4.78 is 30.4. The molecule has 1 aliphatic heterocycles. The topological polar surface area (TPSA) is 75.4 Å². The van der Waals surface area contributed by atoms with Crippen molar-refractivity contribution < 1.29 is 28.2 Å². The van der Waals surface area contributed by atoms with Gasteiger partial charge in [-0.2, -0.15) is 0 Å². The zero-order valence-corrected chi connectivity index (χ0v) is 20.6. The Morgan fingerprint density at radius 3 is 3.00 bits per heavy atom. The lowest BCUT2D eigenvalue weighted by molar-refractivity contribution is -0.136. The van der Waals surface area contributed by atoms with Crippen LogP contribution in [0.25, 0.3) is 0 Å². The van der Waals surface area contributed by atoms with Crippen molar-refractivity contribution in [3.05, 3.63) is 76.1 Å². The van der Waals surface area contributed by atoms with E-state index in [9.17, 15) is 14.3 Å². The van der Waals surface area contributed by atoms with Crippen LogP contribution in [-0.4, -0.2) is 66.4 Å². The summed E-state index contributed by atoms with van der Waals surface area (Å²) in [6.07, 6.45) is 1.64. The summed E-state index contributed by atoms with van der Waals surface area (Å²) in [5.41, 5.74) is 1.07. The fourth-order valence-electron chi connectivity index (χ4n) is 4.30. The number of aliphatic hydroxyl groups is 1. The smallest absolute Gasteiger partial charge is 0.237 e. The second-order valence-corrected chi connectivity index (χ2v) is 9.48. The van der Waals surface area contributed by atoms with Crippen molar-refractivity contribution in [2.45, 2.75) is 32.0 Å². The lowest BCUT2D eigenvalue weighted by atomic mass is 10.0. The zero-order chi connectivity index (χ0) is 24.6. The predicted octanol–water partition coefficient (Wildman–Crippen LogP) is 3.88. The van der Waals surface area contributed by atoms with Crippen LogP contribution >= 0.6 is 11.3 Å². The number of benzene rings is 1. The highest BCUT2D eigenvalue weighted by molar-refractivity contribution is 7.10. The molecule has 188 valence electrons. The molecule has 2 atom stereocenters. The van der Waals surface area contributed by atoms with Crippen molar-refractivity contribution in [1.82, 2.24) is 9.80 Å². The Balaban J connectivity index is 1.47. The van der Waals surface area contributed by atoms with Crippen LogP contribution in [0.3, 0.4) is 0 Å². The van der Waals surface area contributed by atoms with E-state index in [-0.39, 0.29) is 44.1 Å². The van der Waals surface area contributed by atoms with E-state index < -0.39 is 6.10 Å². The molecule has 35 heavy (non-hydrogen) atoms. The number of nitrogens with zero attached hydrogens (tertiary/aromatic N) is 2. The minimum Gasteiger partial charge on any atom is -0.491 e. The second kappa shape index (κ2) is 12.3. The van der Waals surface area contributed by atoms with Crippen molar-refractivity contribution in [1.29, 1.82) is 0 Å². The number of hydrogen-bond acceptors (Lipinski definition) is 7.